The van der Waals surface area contributed by atoms with Crippen LogP contribution in [0.3, 0.4) is 0 Å². The molecular formula is C44H60N2O10. The number of ether oxygens (including phenoxy) is 8. The Labute approximate surface area is 332 Å². The molecule has 3 aromatic carbocycles. The molecule has 0 amide bonds. The number of methoxy groups -OCH3 is 6. The first kappa shape index (κ1) is 43.8. The SMILES string of the molecule is CCCCCN(CCCOC(=O)/C=C\C(=O)OCCCN1CCc2cc(OC)c(OC)cc2[C@H]1Cc1ccc(OC)c(OC)c1)Cc1ccc(OC)c(OC)c1. The van der Waals surface area contributed by atoms with E-state index in [1.165, 1.54) is 11.1 Å². The number of unbranched alkanes of at least 4 members (excludes halogenated alkanes) is 2. The second-order valence-corrected chi connectivity index (χ2v) is 13.6. The zero-order valence-corrected chi connectivity index (χ0v) is 34.2. The van der Waals surface area contributed by atoms with Crippen LogP contribution in [0.4, 0.5) is 0 Å². The molecule has 1 heterocycles. The highest BCUT2D eigenvalue weighted by Gasteiger charge is 2.29. The Bertz CT molecular complexity index is 1730. The Hall–Kier alpha value is -4.94. The van der Waals surface area contributed by atoms with E-state index in [0.29, 0.717) is 53.9 Å². The number of esters is 2. The first-order chi connectivity index (χ1) is 27.3. The normalized spacial score (nSPS) is 14.0. The Balaban J connectivity index is 1.26. The van der Waals surface area contributed by atoms with Crippen molar-refractivity contribution >= 4 is 11.9 Å². The van der Waals surface area contributed by atoms with Gasteiger partial charge in [-0.15, -0.1) is 0 Å². The summed E-state index contributed by atoms with van der Waals surface area (Å²) in [7, 11) is 9.81. The van der Waals surface area contributed by atoms with E-state index in [1.54, 1.807) is 42.7 Å². The van der Waals surface area contributed by atoms with Crippen molar-refractivity contribution in [3.8, 4) is 34.5 Å². The van der Waals surface area contributed by atoms with E-state index in [2.05, 4.69) is 34.9 Å². The van der Waals surface area contributed by atoms with Crippen molar-refractivity contribution in [2.24, 2.45) is 0 Å². The highest BCUT2D eigenvalue weighted by Crippen LogP contribution is 2.40. The van der Waals surface area contributed by atoms with Gasteiger partial charge in [-0.2, -0.15) is 0 Å². The summed E-state index contributed by atoms with van der Waals surface area (Å²) in [5.41, 5.74) is 4.61. The van der Waals surface area contributed by atoms with Gasteiger partial charge in [0.05, 0.1) is 55.9 Å². The van der Waals surface area contributed by atoms with Crippen LogP contribution in [-0.2, 0) is 38.4 Å². The predicted molar refractivity (Wildman–Crippen MR) is 215 cm³/mol. The summed E-state index contributed by atoms with van der Waals surface area (Å²) in [6, 6.07) is 16.1. The molecule has 0 saturated heterocycles. The zero-order chi connectivity index (χ0) is 40.3. The van der Waals surface area contributed by atoms with Crippen molar-refractivity contribution in [3.05, 3.63) is 82.9 Å². The first-order valence-corrected chi connectivity index (χ1v) is 19.4. The number of nitrogens with zero attached hydrogens (tertiary/aromatic N) is 2. The number of rotatable bonds is 24. The van der Waals surface area contributed by atoms with Crippen molar-refractivity contribution in [2.75, 3.05) is 82.1 Å². The van der Waals surface area contributed by atoms with Crippen LogP contribution in [0.15, 0.2) is 60.7 Å². The third-order valence-electron chi connectivity index (χ3n) is 9.98. The summed E-state index contributed by atoms with van der Waals surface area (Å²) < 4.78 is 44.0. The smallest absolute Gasteiger partial charge is 0.331 e. The fourth-order valence-corrected chi connectivity index (χ4v) is 7.04. The highest BCUT2D eigenvalue weighted by molar-refractivity contribution is 5.91. The largest absolute Gasteiger partial charge is 0.493 e. The van der Waals surface area contributed by atoms with Crippen molar-refractivity contribution in [3.63, 3.8) is 0 Å². The van der Waals surface area contributed by atoms with Gasteiger partial charge in [-0.1, -0.05) is 31.9 Å². The van der Waals surface area contributed by atoms with Crippen molar-refractivity contribution in [1.29, 1.82) is 0 Å². The molecule has 1 atom stereocenters. The van der Waals surface area contributed by atoms with Crippen LogP contribution in [0, 0.1) is 0 Å². The van der Waals surface area contributed by atoms with Gasteiger partial charge in [-0.05, 0) is 97.3 Å². The lowest BCUT2D eigenvalue weighted by atomic mass is 9.88. The summed E-state index contributed by atoms with van der Waals surface area (Å²) in [6.45, 7) is 6.62. The van der Waals surface area contributed by atoms with E-state index < -0.39 is 11.9 Å². The van der Waals surface area contributed by atoms with E-state index in [-0.39, 0.29) is 19.3 Å². The number of carbonyl (C=O) groups excluding carboxylic acids is 2. The summed E-state index contributed by atoms with van der Waals surface area (Å²) in [5, 5.41) is 0. The summed E-state index contributed by atoms with van der Waals surface area (Å²) in [6.07, 6.45) is 8.49. The summed E-state index contributed by atoms with van der Waals surface area (Å²) in [5.74, 6) is 2.98. The quantitative estimate of drug-likeness (QED) is 0.0531. The van der Waals surface area contributed by atoms with Gasteiger partial charge in [0.25, 0.3) is 0 Å². The topological polar surface area (TPSA) is 114 Å². The average molecular weight is 777 g/mol. The molecule has 12 heteroatoms. The van der Waals surface area contributed by atoms with E-state index in [9.17, 15) is 9.59 Å². The van der Waals surface area contributed by atoms with E-state index in [4.69, 9.17) is 37.9 Å². The van der Waals surface area contributed by atoms with Crippen LogP contribution in [0.1, 0.15) is 67.3 Å². The molecule has 0 spiro atoms. The van der Waals surface area contributed by atoms with Crippen LogP contribution in [0.5, 0.6) is 34.5 Å². The molecule has 1 aliphatic heterocycles. The number of carbonyl (C=O) groups is 2. The molecule has 1 aliphatic rings. The highest BCUT2D eigenvalue weighted by atomic mass is 16.5. The van der Waals surface area contributed by atoms with Gasteiger partial charge in [0.1, 0.15) is 0 Å². The van der Waals surface area contributed by atoms with E-state index >= 15 is 0 Å². The van der Waals surface area contributed by atoms with Crippen molar-refractivity contribution < 1.29 is 47.5 Å². The minimum Gasteiger partial charge on any atom is -0.493 e. The number of fused-ring (bicyclic) bond motifs is 1. The van der Waals surface area contributed by atoms with Crippen molar-refractivity contribution in [1.82, 2.24) is 9.80 Å². The fourth-order valence-electron chi connectivity index (χ4n) is 7.04. The van der Waals surface area contributed by atoms with Gasteiger partial charge in [-0.25, -0.2) is 9.59 Å². The molecular weight excluding hydrogens is 716 g/mol. The maximum absolute atomic E-state index is 12.5. The number of benzene rings is 3. The van der Waals surface area contributed by atoms with Gasteiger partial charge in [-0.3, -0.25) is 9.80 Å². The lowest BCUT2D eigenvalue weighted by molar-refractivity contribution is -0.140. The maximum atomic E-state index is 12.5. The molecule has 0 aliphatic carbocycles. The Morgan fingerprint density at radius 1 is 0.661 bits per heavy atom. The molecule has 12 nitrogen and oxygen atoms in total. The third kappa shape index (κ3) is 12.8. The van der Waals surface area contributed by atoms with Crippen LogP contribution >= 0.6 is 0 Å². The molecule has 0 radical (unpaired) electrons. The minimum atomic E-state index is -0.582. The Morgan fingerprint density at radius 2 is 1.20 bits per heavy atom. The maximum Gasteiger partial charge on any atom is 0.331 e. The Morgan fingerprint density at radius 3 is 1.80 bits per heavy atom. The lowest BCUT2D eigenvalue weighted by Gasteiger charge is -2.38. The molecule has 306 valence electrons. The first-order valence-electron chi connectivity index (χ1n) is 19.4. The Kier molecular flexibility index (Phi) is 18.1. The van der Waals surface area contributed by atoms with Crippen molar-refractivity contribution in [2.45, 2.75) is 64.5 Å². The zero-order valence-electron chi connectivity index (χ0n) is 34.2. The average Bonchev–Trinajstić information content (AvgIpc) is 3.22. The molecule has 0 N–H and O–H groups in total. The summed E-state index contributed by atoms with van der Waals surface area (Å²) in [4.78, 5) is 29.7. The van der Waals surface area contributed by atoms with Crippen LogP contribution in [0.2, 0.25) is 0 Å². The predicted octanol–water partition coefficient (Wildman–Crippen LogP) is 7.00. The molecule has 4 rings (SSSR count). The van der Waals surface area contributed by atoms with Gasteiger partial charge in [0.2, 0.25) is 0 Å². The molecule has 0 unspecified atom stereocenters. The van der Waals surface area contributed by atoms with Gasteiger partial charge >= 0.3 is 11.9 Å². The lowest BCUT2D eigenvalue weighted by Crippen LogP contribution is -2.37. The van der Waals surface area contributed by atoms with Crippen LogP contribution in [-0.4, -0.2) is 104 Å². The van der Waals surface area contributed by atoms with Gasteiger partial charge in [0, 0.05) is 44.4 Å². The van der Waals surface area contributed by atoms with E-state index in [0.717, 1.165) is 81.6 Å². The second kappa shape index (κ2) is 23.2. The third-order valence-corrected chi connectivity index (χ3v) is 9.98. The molecule has 0 saturated carbocycles. The summed E-state index contributed by atoms with van der Waals surface area (Å²) >= 11 is 0. The fraction of sp³-hybridized carbons (Fsp3) is 0.500. The second-order valence-electron chi connectivity index (χ2n) is 13.6. The molecule has 0 bridgehead atoms. The molecule has 3 aromatic rings. The molecule has 0 aromatic heterocycles. The minimum absolute atomic E-state index is 0.0383. The standard InChI is InChI=1S/C44H60N2O10/c1-8-9-10-20-45(31-33-14-16-38(50-3)40(28-33)52-5)21-11-24-55-43(47)17-18-44(48)56-25-12-22-46-23-19-34-29-41(53-6)42(54-7)30-35(34)36(46)26-32-13-15-37(49-2)39(27-32)51-4/h13-18,27-30,36H,8-12,19-26,31H2,1-7H3/b18-17-/t36-/m1/s1. The van der Waals surface area contributed by atoms with Gasteiger partial charge < -0.3 is 37.9 Å². The molecule has 56 heavy (non-hydrogen) atoms. The van der Waals surface area contributed by atoms with E-state index in [1.807, 2.05) is 30.3 Å². The van der Waals surface area contributed by atoms with Gasteiger partial charge in [0.15, 0.2) is 34.5 Å². The van der Waals surface area contributed by atoms with Crippen LogP contribution < -0.4 is 28.4 Å². The number of hydrogen-bond donors (Lipinski definition) is 0. The van der Waals surface area contributed by atoms with Crippen LogP contribution in [0.25, 0.3) is 0 Å². The molecule has 0 fully saturated rings. The monoisotopic (exact) mass is 776 g/mol. The number of hydrogen-bond acceptors (Lipinski definition) is 12.